The molecule has 0 bridgehead atoms. The maximum Gasteiger partial charge on any atom is 0.407 e. The molecule has 0 fully saturated rings. The molecule has 0 aliphatic carbocycles. The number of amides is 1. The van der Waals surface area contributed by atoms with Crippen LogP contribution in [0.4, 0.5) is 4.79 Å². The summed E-state index contributed by atoms with van der Waals surface area (Å²) in [5.41, 5.74) is 0.403. The lowest BCUT2D eigenvalue weighted by atomic mass is 10.2. The number of hydrogen-bond acceptors (Lipinski definition) is 5. The van der Waals surface area contributed by atoms with E-state index < -0.39 is 11.7 Å². The van der Waals surface area contributed by atoms with Gasteiger partial charge in [0.25, 0.3) is 0 Å². The molecule has 0 aromatic carbocycles. The lowest BCUT2D eigenvalue weighted by Crippen LogP contribution is -2.42. The summed E-state index contributed by atoms with van der Waals surface area (Å²) in [5, 5.41) is 6.01. The Hall–Kier alpha value is -1.82. The maximum absolute atomic E-state index is 11.6. The molecule has 0 aliphatic heterocycles. The summed E-state index contributed by atoms with van der Waals surface area (Å²) in [6, 6.07) is 5.58. The molecule has 118 valence electrons. The van der Waals surface area contributed by atoms with Crippen molar-refractivity contribution in [3.05, 3.63) is 23.9 Å². The van der Waals surface area contributed by atoms with Gasteiger partial charge in [0.1, 0.15) is 5.60 Å². The monoisotopic (exact) mass is 295 g/mol. The number of pyridine rings is 1. The van der Waals surface area contributed by atoms with Gasteiger partial charge in [-0.05, 0) is 33.8 Å². The Morgan fingerprint density at radius 2 is 2.10 bits per heavy atom. The van der Waals surface area contributed by atoms with Crippen LogP contribution < -0.4 is 15.4 Å². The van der Waals surface area contributed by atoms with Crippen LogP contribution in [0.15, 0.2) is 18.2 Å². The summed E-state index contributed by atoms with van der Waals surface area (Å²) in [5.74, 6) is 0.592. The second-order valence-electron chi connectivity index (χ2n) is 5.85. The van der Waals surface area contributed by atoms with Gasteiger partial charge in [-0.3, -0.25) is 0 Å². The molecule has 1 atom stereocenters. The van der Waals surface area contributed by atoms with E-state index in [2.05, 4.69) is 15.6 Å². The number of ether oxygens (including phenoxy) is 2. The predicted octanol–water partition coefficient (Wildman–Crippen LogP) is 2.09. The third-order valence-electron chi connectivity index (χ3n) is 2.51. The Labute approximate surface area is 126 Å². The lowest BCUT2D eigenvalue weighted by Gasteiger charge is -2.22. The van der Waals surface area contributed by atoms with E-state index >= 15 is 0 Å². The zero-order valence-electron chi connectivity index (χ0n) is 13.4. The minimum absolute atomic E-state index is 0.0366. The van der Waals surface area contributed by atoms with Gasteiger partial charge in [0.05, 0.1) is 12.8 Å². The van der Waals surface area contributed by atoms with Crippen molar-refractivity contribution in [1.82, 2.24) is 15.6 Å². The van der Waals surface area contributed by atoms with Crippen LogP contribution in [0.25, 0.3) is 0 Å². The van der Waals surface area contributed by atoms with Gasteiger partial charge < -0.3 is 20.1 Å². The second-order valence-corrected chi connectivity index (χ2v) is 5.85. The van der Waals surface area contributed by atoms with Crippen LogP contribution in [0.5, 0.6) is 5.88 Å². The highest BCUT2D eigenvalue weighted by Crippen LogP contribution is 2.07. The van der Waals surface area contributed by atoms with E-state index in [0.717, 1.165) is 5.69 Å². The van der Waals surface area contributed by atoms with Crippen molar-refractivity contribution >= 4 is 6.09 Å². The molecule has 1 heterocycles. The first-order chi connectivity index (χ1) is 9.80. The predicted molar refractivity (Wildman–Crippen MR) is 81.3 cm³/mol. The van der Waals surface area contributed by atoms with Gasteiger partial charge in [-0.2, -0.15) is 0 Å². The van der Waals surface area contributed by atoms with Crippen molar-refractivity contribution in [2.75, 3.05) is 13.7 Å². The fraction of sp³-hybridized carbons (Fsp3) is 0.600. The molecule has 1 aromatic rings. The minimum atomic E-state index is -0.484. The van der Waals surface area contributed by atoms with Crippen LogP contribution >= 0.6 is 0 Å². The van der Waals surface area contributed by atoms with E-state index in [1.165, 1.54) is 0 Å². The highest BCUT2D eigenvalue weighted by molar-refractivity contribution is 5.68. The van der Waals surface area contributed by atoms with Gasteiger partial charge >= 0.3 is 6.09 Å². The summed E-state index contributed by atoms with van der Waals surface area (Å²) in [6.07, 6.45) is -0.406. The fourth-order valence-electron chi connectivity index (χ4n) is 1.65. The Kier molecular flexibility index (Phi) is 6.42. The number of methoxy groups -OCH3 is 1. The van der Waals surface area contributed by atoms with Gasteiger partial charge in [0.15, 0.2) is 0 Å². The van der Waals surface area contributed by atoms with E-state index in [-0.39, 0.29) is 6.04 Å². The number of alkyl carbamates (subject to hydrolysis) is 1. The van der Waals surface area contributed by atoms with Crippen LogP contribution in [0, 0.1) is 0 Å². The molecule has 21 heavy (non-hydrogen) atoms. The number of nitrogens with one attached hydrogen (secondary N) is 2. The zero-order chi connectivity index (χ0) is 15.9. The van der Waals surface area contributed by atoms with Gasteiger partial charge in [0, 0.05) is 25.2 Å². The number of nitrogens with zero attached hydrogens (tertiary/aromatic N) is 1. The highest BCUT2D eigenvalue weighted by atomic mass is 16.6. The number of rotatable bonds is 6. The summed E-state index contributed by atoms with van der Waals surface area (Å²) in [4.78, 5) is 15.9. The van der Waals surface area contributed by atoms with Gasteiger partial charge in [-0.15, -0.1) is 0 Å². The van der Waals surface area contributed by atoms with Crippen LogP contribution in [-0.4, -0.2) is 36.4 Å². The minimum Gasteiger partial charge on any atom is -0.481 e. The fourth-order valence-corrected chi connectivity index (χ4v) is 1.65. The van der Waals surface area contributed by atoms with Crippen LogP contribution in [0.2, 0.25) is 0 Å². The summed E-state index contributed by atoms with van der Waals surface area (Å²) in [7, 11) is 1.59. The quantitative estimate of drug-likeness (QED) is 0.841. The van der Waals surface area contributed by atoms with E-state index in [1.54, 1.807) is 13.2 Å². The van der Waals surface area contributed by atoms with Crippen LogP contribution in [-0.2, 0) is 11.3 Å². The summed E-state index contributed by atoms with van der Waals surface area (Å²) < 4.78 is 10.3. The van der Waals surface area contributed by atoms with E-state index in [9.17, 15) is 4.79 Å². The topological polar surface area (TPSA) is 72.5 Å². The molecule has 6 nitrogen and oxygen atoms in total. The SMILES string of the molecule is COc1cccc(CNCC(C)NC(=O)OC(C)(C)C)n1. The third kappa shape index (κ3) is 7.51. The molecule has 0 aliphatic rings. The molecule has 0 saturated heterocycles. The smallest absolute Gasteiger partial charge is 0.407 e. The van der Waals surface area contributed by atoms with Crippen molar-refractivity contribution in [1.29, 1.82) is 0 Å². The average Bonchev–Trinajstić information content (AvgIpc) is 2.36. The van der Waals surface area contributed by atoms with Gasteiger partial charge in [-0.1, -0.05) is 6.07 Å². The highest BCUT2D eigenvalue weighted by Gasteiger charge is 2.17. The molecule has 0 spiro atoms. The van der Waals surface area contributed by atoms with Crippen LogP contribution in [0.3, 0.4) is 0 Å². The molecular formula is C15H25N3O3. The van der Waals surface area contributed by atoms with Crippen molar-refractivity contribution in [3.63, 3.8) is 0 Å². The Morgan fingerprint density at radius 1 is 1.38 bits per heavy atom. The third-order valence-corrected chi connectivity index (χ3v) is 2.51. The van der Waals surface area contributed by atoms with E-state index in [4.69, 9.17) is 9.47 Å². The van der Waals surface area contributed by atoms with E-state index in [1.807, 2.05) is 39.8 Å². The van der Waals surface area contributed by atoms with Crippen LogP contribution in [0.1, 0.15) is 33.4 Å². The van der Waals surface area contributed by atoms with Crippen molar-refractivity contribution in [2.24, 2.45) is 0 Å². The average molecular weight is 295 g/mol. The zero-order valence-corrected chi connectivity index (χ0v) is 13.4. The lowest BCUT2D eigenvalue weighted by molar-refractivity contribution is 0.0508. The number of hydrogen-bond donors (Lipinski definition) is 2. The van der Waals surface area contributed by atoms with Crippen molar-refractivity contribution in [3.8, 4) is 5.88 Å². The van der Waals surface area contributed by atoms with Crippen molar-refractivity contribution in [2.45, 2.75) is 45.9 Å². The molecule has 1 aromatic heterocycles. The number of carbonyl (C=O) groups excluding carboxylic acids is 1. The Bertz CT molecular complexity index is 458. The van der Waals surface area contributed by atoms with Crippen molar-refractivity contribution < 1.29 is 14.3 Å². The molecule has 2 N–H and O–H groups in total. The standard InChI is InChI=1S/C15H25N3O3/c1-11(17-14(19)21-15(2,3)4)9-16-10-12-7-6-8-13(18-12)20-5/h6-8,11,16H,9-10H2,1-5H3,(H,17,19). The Balaban J connectivity index is 2.30. The van der Waals surface area contributed by atoms with E-state index in [0.29, 0.717) is 19.0 Å². The largest absolute Gasteiger partial charge is 0.481 e. The first kappa shape index (κ1) is 17.2. The molecular weight excluding hydrogens is 270 g/mol. The molecule has 1 rings (SSSR count). The maximum atomic E-state index is 11.6. The molecule has 6 heteroatoms. The second kappa shape index (κ2) is 7.83. The molecule has 0 radical (unpaired) electrons. The molecule has 0 saturated carbocycles. The summed E-state index contributed by atoms with van der Waals surface area (Å²) >= 11 is 0. The molecule has 1 unspecified atom stereocenters. The first-order valence-electron chi connectivity index (χ1n) is 7.00. The Morgan fingerprint density at radius 3 is 2.71 bits per heavy atom. The normalized spacial score (nSPS) is 12.6. The summed E-state index contributed by atoms with van der Waals surface area (Å²) in [6.45, 7) is 8.66. The van der Waals surface area contributed by atoms with Gasteiger partial charge in [-0.25, -0.2) is 9.78 Å². The first-order valence-corrected chi connectivity index (χ1v) is 7.00. The number of carbonyl (C=O) groups is 1. The molecule has 1 amide bonds. The van der Waals surface area contributed by atoms with Gasteiger partial charge in [0.2, 0.25) is 5.88 Å². The number of aromatic nitrogens is 1.